The number of rotatable bonds is 4. The van der Waals surface area contributed by atoms with Crippen molar-refractivity contribution in [2.24, 2.45) is 17.6 Å². The number of aromatic hydroxyl groups is 1. The van der Waals surface area contributed by atoms with E-state index in [1.807, 2.05) is 12.1 Å². The molecule has 0 aliphatic carbocycles. The van der Waals surface area contributed by atoms with Gasteiger partial charge in [-0.15, -0.1) is 0 Å². The molecule has 0 aromatic heterocycles. The van der Waals surface area contributed by atoms with Crippen molar-refractivity contribution in [3.8, 4) is 5.75 Å². The minimum absolute atomic E-state index is 0.272. The lowest BCUT2D eigenvalue weighted by Gasteiger charge is -2.41. The Hall–Kier alpha value is -0.580. The molecule has 1 aromatic carbocycles. The molecule has 2 rings (SSSR count). The summed E-state index contributed by atoms with van der Waals surface area (Å²) >= 11 is 3.50. The second-order valence-corrected chi connectivity index (χ2v) is 6.80. The van der Waals surface area contributed by atoms with E-state index in [2.05, 4.69) is 34.7 Å². The average molecular weight is 341 g/mol. The summed E-state index contributed by atoms with van der Waals surface area (Å²) in [5.41, 5.74) is 6.93. The second kappa shape index (κ2) is 6.92. The molecule has 112 valence electrons. The number of hydrogen-bond donors (Lipinski definition) is 2. The van der Waals surface area contributed by atoms with E-state index in [4.69, 9.17) is 5.73 Å². The van der Waals surface area contributed by atoms with Crippen molar-refractivity contribution in [1.29, 1.82) is 0 Å². The van der Waals surface area contributed by atoms with E-state index in [0.717, 1.165) is 36.1 Å². The molecule has 4 heteroatoms. The van der Waals surface area contributed by atoms with E-state index in [-0.39, 0.29) is 6.04 Å². The molecule has 0 spiro atoms. The highest BCUT2D eigenvalue weighted by Gasteiger charge is 2.30. The van der Waals surface area contributed by atoms with Gasteiger partial charge in [-0.1, -0.05) is 29.8 Å². The quantitative estimate of drug-likeness (QED) is 0.881. The standard InChI is InChI=1S/C16H25BrN2O/c1-3-15(14-8-13(17)4-5-16(14)20)19-7-6-11(2)12(9-18)10-19/h4-5,8,11-12,15,20H,3,6-7,9-10,18H2,1-2H3. The van der Waals surface area contributed by atoms with Gasteiger partial charge in [0, 0.05) is 22.6 Å². The first-order valence-electron chi connectivity index (χ1n) is 7.49. The fraction of sp³-hybridized carbons (Fsp3) is 0.625. The SMILES string of the molecule is CCC(c1cc(Br)ccc1O)N1CCC(C)C(CN)C1. The molecule has 1 fully saturated rings. The fourth-order valence-corrected chi connectivity index (χ4v) is 3.61. The van der Waals surface area contributed by atoms with Crippen LogP contribution in [0.25, 0.3) is 0 Å². The van der Waals surface area contributed by atoms with Crippen molar-refractivity contribution in [3.63, 3.8) is 0 Å². The van der Waals surface area contributed by atoms with Crippen LogP contribution in [0.4, 0.5) is 0 Å². The van der Waals surface area contributed by atoms with Crippen LogP contribution in [0.3, 0.4) is 0 Å². The molecule has 0 amide bonds. The fourth-order valence-electron chi connectivity index (χ4n) is 3.23. The van der Waals surface area contributed by atoms with Crippen LogP contribution in [0.15, 0.2) is 22.7 Å². The van der Waals surface area contributed by atoms with Crippen molar-refractivity contribution in [2.45, 2.75) is 32.7 Å². The summed E-state index contributed by atoms with van der Waals surface area (Å²) in [6.45, 7) is 7.34. The Bertz CT molecular complexity index is 452. The Morgan fingerprint density at radius 2 is 2.25 bits per heavy atom. The van der Waals surface area contributed by atoms with E-state index >= 15 is 0 Å². The number of benzene rings is 1. The van der Waals surface area contributed by atoms with Crippen molar-refractivity contribution >= 4 is 15.9 Å². The summed E-state index contributed by atoms with van der Waals surface area (Å²) in [4.78, 5) is 2.49. The highest BCUT2D eigenvalue weighted by molar-refractivity contribution is 9.10. The zero-order chi connectivity index (χ0) is 14.7. The first-order valence-corrected chi connectivity index (χ1v) is 8.28. The molecule has 0 bridgehead atoms. The molecule has 1 saturated heterocycles. The topological polar surface area (TPSA) is 49.5 Å². The first-order chi connectivity index (χ1) is 9.56. The minimum atomic E-state index is 0.272. The maximum atomic E-state index is 10.2. The monoisotopic (exact) mass is 340 g/mol. The third kappa shape index (κ3) is 3.35. The number of hydrogen-bond acceptors (Lipinski definition) is 3. The Morgan fingerprint density at radius 3 is 2.90 bits per heavy atom. The van der Waals surface area contributed by atoms with Gasteiger partial charge >= 0.3 is 0 Å². The third-order valence-electron chi connectivity index (χ3n) is 4.62. The maximum Gasteiger partial charge on any atom is 0.120 e. The lowest BCUT2D eigenvalue weighted by atomic mass is 9.85. The van der Waals surface area contributed by atoms with Crippen LogP contribution in [-0.2, 0) is 0 Å². The number of likely N-dealkylation sites (tertiary alicyclic amines) is 1. The lowest BCUT2D eigenvalue weighted by Crippen LogP contribution is -2.44. The molecule has 3 atom stereocenters. The largest absolute Gasteiger partial charge is 0.508 e. The van der Waals surface area contributed by atoms with Gasteiger partial charge < -0.3 is 10.8 Å². The van der Waals surface area contributed by atoms with E-state index in [0.29, 0.717) is 17.6 Å². The van der Waals surface area contributed by atoms with Crippen molar-refractivity contribution in [3.05, 3.63) is 28.2 Å². The van der Waals surface area contributed by atoms with Crippen molar-refractivity contribution in [1.82, 2.24) is 4.90 Å². The van der Waals surface area contributed by atoms with Crippen LogP contribution >= 0.6 is 15.9 Å². The lowest BCUT2D eigenvalue weighted by molar-refractivity contribution is 0.0873. The highest BCUT2D eigenvalue weighted by Crippen LogP contribution is 2.36. The van der Waals surface area contributed by atoms with Crippen molar-refractivity contribution in [2.75, 3.05) is 19.6 Å². The van der Waals surface area contributed by atoms with Crippen LogP contribution in [0.1, 0.15) is 38.3 Å². The van der Waals surface area contributed by atoms with Gasteiger partial charge in [0.05, 0.1) is 0 Å². The molecule has 3 N–H and O–H groups in total. The molecular formula is C16H25BrN2O. The molecule has 1 aliphatic rings. The number of halogens is 1. The molecule has 0 radical (unpaired) electrons. The van der Waals surface area contributed by atoms with Gasteiger partial charge in [0.25, 0.3) is 0 Å². The molecule has 3 unspecified atom stereocenters. The van der Waals surface area contributed by atoms with Gasteiger partial charge in [0.15, 0.2) is 0 Å². The number of phenols is 1. The van der Waals surface area contributed by atoms with Crippen LogP contribution in [-0.4, -0.2) is 29.6 Å². The predicted octanol–water partition coefficient (Wildman–Crippen LogP) is 3.52. The minimum Gasteiger partial charge on any atom is -0.508 e. The zero-order valence-electron chi connectivity index (χ0n) is 12.3. The number of phenolic OH excluding ortho intramolecular Hbond substituents is 1. The summed E-state index contributed by atoms with van der Waals surface area (Å²) in [5, 5.41) is 10.2. The number of piperidine rings is 1. The normalized spacial score (nSPS) is 25.6. The molecule has 1 heterocycles. The second-order valence-electron chi connectivity index (χ2n) is 5.88. The van der Waals surface area contributed by atoms with Crippen LogP contribution < -0.4 is 5.73 Å². The number of nitrogens with zero attached hydrogens (tertiary/aromatic N) is 1. The maximum absolute atomic E-state index is 10.2. The smallest absolute Gasteiger partial charge is 0.120 e. The van der Waals surface area contributed by atoms with Crippen LogP contribution in [0.5, 0.6) is 5.75 Å². The van der Waals surface area contributed by atoms with E-state index < -0.39 is 0 Å². The summed E-state index contributed by atoms with van der Waals surface area (Å²) in [5.74, 6) is 1.65. The van der Waals surface area contributed by atoms with Crippen LogP contribution in [0, 0.1) is 11.8 Å². The Morgan fingerprint density at radius 1 is 1.50 bits per heavy atom. The Labute approximate surface area is 130 Å². The van der Waals surface area contributed by atoms with E-state index in [1.54, 1.807) is 6.07 Å². The predicted molar refractivity (Wildman–Crippen MR) is 86.7 cm³/mol. The van der Waals surface area contributed by atoms with Gasteiger partial charge in [-0.3, -0.25) is 4.90 Å². The van der Waals surface area contributed by atoms with Gasteiger partial charge in [-0.05, 0) is 56.0 Å². The van der Waals surface area contributed by atoms with Gasteiger partial charge in [-0.2, -0.15) is 0 Å². The average Bonchev–Trinajstić information content (AvgIpc) is 2.45. The number of nitrogens with two attached hydrogens (primary N) is 1. The summed E-state index contributed by atoms with van der Waals surface area (Å²) < 4.78 is 1.02. The molecular weight excluding hydrogens is 316 g/mol. The first kappa shape index (κ1) is 15.8. The Balaban J connectivity index is 2.21. The van der Waals surface area contributed by atoms with Gasteiger partial charge in [0.2, 0.25) is 0 Å². The van der Waals surface area contributed by atoms with Crippen LogP contribution in [0.2, 0.25) is 0 Å². The molecule has 20 heavy (non-hydrogen) atoms. The van der Waals surface area contributed by atoms with E-state index in [9.17, 15) is 5.11 Å². The molecule has 1 aliphatic heterocycles. The summed E-state index contributed by atoms with van der Waals surface area (Å²) in [6, 6.07) is 5.97. The zero-order valence-corrected chi connectivity index (χ0v) is 13.9. The Kier molecular flexibility index (Phi) is 5.47. The summed E-state index contributed by atoms with van der Waals surface area (Å²) in [6.07, 6.45) is 2.18. The third-order valence-corrected chi connectivity index (χ3v) is 5.12. The van der Waals surface area contributed by atoms with Gasteiger partial charge in [0.1, 0.15) is 5.75 Å². The molecule has 1 aromatic rings. The molecule has 3 nitrogen and oxygen atoms in total. The van der Waals surface area contributed by atoms with E-state index in [1.165, 1.54) is 6.42 Å². The summed E-state index contributed by atoms with van der Waals surface area (Å²) in [7, 11) is 0. The van der Waals surface area contributed by atoms with Crippen molar-refractivity contribution < 1.29 is 5.11 Å². The molecule has 0 saturated carbocycles. The van der Waals surface area contributed by atoms with Gasteiger partial charge in [-0.25, -0.2) is 0 Å². The highest BCUT2D eigenvalue weighted by atomic mass is 79.9.